The molecule has 23 heavy (non-hydrogen) atoms. The van der Waals surface area contributed by atoms with E-state index in [-0.39, 0.29) is 0 Å². The molecule has 0 aliphatic carbocycles. The van der Waals surface area contributed by atoms with Crippen LogP contribution < -0.4 is 9.47 Å². The predicted molar refractivity (Wildman–Crippen MR) is 87.8 cm³/mol. The number of rotatable bonds is 3. The van der Waals surface area contributed by atoms with E-state index in [9.17, 15) is 0 Å². The minimum Gasteiger partial charge on any atom is -0.448 e. The van der Waals surface area contributed by atoms with Gasteiger partial charge in [0.25, 0.3) is 5.88 Å². The number of ether oxygens (including phenoxy) is 2. The van der Waals surface area contributed by atoms with E-state index in [0.29, 0.717) is 23.1 Å². The van der Waals surface area contributed by atoms with Crippen LogP contribution >= 0.6 is 0 Å². The summed E-state index contributed by atoms with van der Waals surface area (Å²) >= 11 is 0. The van der Waals surface area contributed by atoms with Crippen molar-refractivity contribution in [1.82, 2.24) is 10.2 Å². The van der Waals surface area contributed by atoms with Crippen LogP contribution in [0.2, 0.25) is 0 Å². The molecule has 0 saturated heterocycles. The highest BCUT2D eigenvalue weighted by molar-refractivity contribution is 5.55. The molecule has 4 rings (SSSR count). The lowest BCUT2D eigenvalue weighted by atomic mass is 10.1. The van der Waals surface area contributed by atoms with Crippen molar-refractivity contribution in [1.29, 1.82) is 0 Å². The molecule has 0 N–H and O–H groups in total. The largest absolute Gasteiger partial charge is 0.448 e. The van der Waals surface area contributed by atoms with Gasteiger partial charge in [-0.15, -0.1) is 10.2 Å². The number of benzene rings is 2. The van der Waals surface area contributed by atoms with Gasteiger partial charge in [-0.05, 0) is 30.2 Å². The third kappa shape index (κ3) is 2.92. The highest BCUT2D eigenvalue weighted by atomic mass is 16.6. The average molecular weight is 302 g/mol. The number of fused-ring (bicyclic) bond motifs is 2. The molecule has 0 bridgehead atoms. The first-order valence-electron chi connectivity index (χ1n) is 7.41. The van der Waals surface area contributed by atoms with Crippen LogP contribution in [0.5, 0.6) is 23.1 Å². The Balaban J connectivity index is 1.52. The van der Waals surface area contributed by atoms with Gasteiger partial charge in [-0.3, -0.25) is 0 Å². The molecule has 112 valence electrons. The van der Waals surface area contributed by atoms with E-state index in [4.69, 9.17) is 9.47 Å². The molecule has 1 aliphatic rings. The maximum atomic E-state index is 5.82. The Morgan fingerprint density at radius 1 is 0.783 bits per heavy atom. The van der Waals surface area contributed by atoms with Gasteiger partial charge in [0.05, 0.1) is 5.69 Å². The first-order chi connectivity index (χ1) is 11.4. The minimum absolute atomic E-state index is 0.393. The van der Waals surface area contributed by atoms with E-state index in [2.05, 4.69) is 28.4 Å². The lowest BCUT2D eigenvalue weighted by Gasteiger charge is -2.18. The van der Waals surface area contributed by atoms with Gasteiger partial charge in [0.2, 0.25) is 0 Å². The van der Waals surface area contributed by atoms with Crippen molar-refractivity contribution in [2.24, 2.45) is 0 Å². The second-order valence-corrected chi connectivity index (χ2v) is 5.18. The summed E-state index contributed by atoms with van der Waals surface area (Å²) in [5.41, 5.74) is 1.99. The van der Waals surface area contributed by atoms with Crippen LogP contribution in [0.3, 0.4) is 0 Å². The number of hydrogen-bond donors (Lipinski definition) is 0. The second kappa shape index (κ2) is 5.93. The molecule has 0 radical (unpaired) electrons. The summed E-state index contributed by atoms with van der Waals surface area (Å²) in [6, 6.07) is 19.6. The fourth-order valence-corrected chi connectivity index (χ4v) is 2.37. The van der Waals surface area contributed by atoms with Gasteiger partial charge in [0, 0.05) is 6.07 Å². The summed E-state index contributed by atoms with van der Waals surface area (Å²) in [6.07, 6.45) is 4.84. The summed E-state index contributed by atoms with van der Waals surface area (Å²) in [6.45, 7) is 0. The van der Waals surface area contributed by atoms with Gasteiger partial charge >= 0.3 is 0 Å². The third-order valence-corrected chi connectivity index (χ3v) is 3.51. The van der Waals surface area contributed by atoms with Crippen molar-refractivity contribution in [2.75, 3.05) is 0 Å². The monoisotopic (exact) mass is 302 g/mol. The Bertz CT molecular complexity index is 860. The van der Waals surface area contributed by atoms with E-state index >= 15 is 0 Å². The average Bonchev–Trinajstić information content (AvgIpc) is 2.61. The molecule has 2 heterocycles. The number of allylic oxidation sites excluding steroid dienone is 1. The lowest BCUT2D eigenvalue weighted by molar-refractivity contribution is 0.343. The quantitative estimate of drug-likeness (QED) is 0.553. The smallest absolute Gasteiger partial charge is 0.282 e. The summed E-state index contributed by atoms with van der Waals surface area (Å²) in [4.78, 5) is 0. The standard InChI is InChI=1S/C19H14N2O2/c1-2-7-14(8-3-1)9-6-10-15-13-18-19(21-20-15)23-17-12-5-4-11-16(17)22-18/h1-8,10-13H,9H2. The minimum atomic E-state index is 0.393. The number of aromatic nitrogens is 2. The summed E-state index contributed by atoms with van der Waals surface area (Å²) < 4.78 is 11.5. The zero-order chi connectivity index (χ0) is 15.5. The molecule has 2 aromatic carbocycles. The zero-order valence-corrected chi connectivity index (χ0v) is 12.3. The Morgan fingerprint density at radius 2 is 1.52 bits per heavy atom. The Morgan fingerprint density at radius 3 is 2.35 bits per heavy atom. The SMILES string of the molecule is C(=Cc1cc2c(nn1)Oc1ccccc1O2)Cc1ccccc1. The van der Waals surface area contributed by atoms with Gasteiger partial charge in [0.15, 0.2) is 17.2 Å². The Hall–Kier alpha value is -3.14. The van der Waals surface area contributed by atoms with E-state index < -0.39 is 0 Å². The zero-order valence-electron chi connectivity index (χ0n) is 12.3. The molecule has 0 fully saturated rings. The predicted octanol–water partition coefficient (Wildman–Crippen LogP) is 4.63. The van der Waals surface area contributed by atoms with Crippen LogP contribution in [-0.4, -0.2) is 10.2 Å². The molecular weight excluding hydrogens is 288 g/mol. The lowest BCUT2D eigenvalue weighted by Crippen LogP contribution is -2.02. The number of nitrogens with zero attached hydrogens (tertiary/aromatic N) is 2. The maximum absolute atomic E-state index is 5.82. The van der Waals surface area contributed by atoms with Crippen LogP contribution in [0.15, 0.2) is 66.7 Å². The summed E-state index contributed by atoms with van der Waals surface area (Å²) in [5, 5.41) is 8.25. The highest BCUT2D eigenvalue weighted by Crippen LogP contribution is 2.43. The van der Waals surface area contributed by atoms with Gasteiger partial charge in [-0.25, -0.2) is 0 Å². The first kappa shape index (κ1) is 13.5. The van der Waals surface area contributed by atoms with Crippen molar-refractivity contribution in [3.05, 3.63) is 78.0 Å². The molecule has 0 amide bonds. The van der Waals surface area contributed by atoms with Crippen molar-refractivity contribution < 1.29 is 9.47 Å². The molecule has 4 heteroatoms. The van der Waals surface area contributed by atoms with E-state index in [0.717, 1.165) is 12.1 Å². The molecule has 3 aromatic rings. The van der Waals surface area contributed by atoms with Crippen molar-refractivity contribution in [2.45, 2.75) is 6.42 Å². The molecule has 4 nitrogen and oxygen atoms in total. The topological polar surface area (TPSA) is 44.2 Å². The van der Waals surface area contributed by atoms with Crippen LogP contribution in [0.25, 0.3) is 6.08 Å². The molecule has 1 aliphatic heterocycles. The van der Waals surface area contributed by atoms with E-state index in [1.54, 1.807) is 0 Å². The fraction of sp³-hybridized carbons (Fsp3) is 0.0526. The summed E-state index contributed by atoms with van der Waals surface area (Å²) in [7, 11) is 0. The van der Waals surface area contributed by atoms with E-state index in [1.807, 2.05) is 54.6 Å². The van der Waals surface area contributed by atoms with Crippen LogP contribution in [0.1, 0.15) is 11.3 Å². The Labute approximate surface area is 134 Å². The second-order valence-electron chi connectivity index (χ2n) is 5.18. The number of para-hydroxylation sites is 2. The third-order valence-electron chi connectivity index (χ3n) is 3.51. The van der Waals surface area contributed by atoms with Crippen molar-refractivity contribution >= 4 is 6.08 Å². The molecule has 1 aromatic heterocycles. The van der Waals surface area contributed by atoms with Gasteiger partial charge in [0.1, 0.15) is 0 Å². The fourth-order valence-electron chi connectivity index (χ4n) is 2.37. The van der Waals surface area contributed by atoms with Gasteiger partial charge in [-0.2, -0.15) is 0 Å². The van der Waals surface area contributed by atoms with Gasteiger partial charge < -0.3 is 9.47 Å². The van der Waals surface area contributed by atoms with E-state index in [1.165, 1.54) is 5.56 Å². The van der Waals surface area contributed by atoms with Crippen molar-refractivity contribution in [3.8, 4) is 23.1 Å². The Kier molecular flexibility index (Phi) is 3.48. The van der Waals surface area contributed by atoms with Crippen molar-refractivity contribution in [3.63, 3.8) is 0 Å². The first-order valence-corrected chi connectivity index (χ1v) is 7.41. The molecule has 0 saturated carbocycles. The number of hydrogen-bond acceptors (Lipinski definition) is 4. The highest BCUT2D eigenvalue weighted by Gasteiger charge is 2.20. The maximum Gasteiger partial charge on any atom is 0.282 e. The molecule has 0 spiro atoms. The van der Waals surface area contributed by atoms with Crippen LogP contribution in [-0.2, 0) is 6.42 Å². The molecular formula is C19H14N2O2. The molecule has 0 unspecified atom stereocenters. The summed E-state index contributed by atoms with van der Waals surface area (Å²) in [5.74, 6) is 2.32. The normalized spacial score (nSPS) is 12.2. The molecule has 0 atom stereocenters. The van der Waals surface area contributed by atoms with Crippen LogP contribution in [0, 0.1) is 0 Å². The van der Waals surface area contributed by atoms with Crippen LogP contribution in [0.4, 0.5) is 0 Å². The van der Waals surface area contributed by atoms with Gasteiger partial charge in [-0.1, -0.05) is 48.5 Å².